The van der Waals surface area contributed by atoms with Crippen LogP contribution in [0.1, 0.15) is 23.2 Å². The second-order valence-electron chi connectivity index (χ2n) is 5.02. The van der Waals surface area contributed by atoms with Crippen LogP contribution in [-0.2, 0) is 4.79 Å². The summed E-state index contributed by atoms with van der Waals surface area (Å²) in [5.41, 5.74) is 0.467. The first-order valence-corrected chi connectivity index (χ1v) is 7.34. The van der Waals surface area contributed by atoms with E-state index in [0.29, 0.717) is 17.1 Å². The van der Waals surface area contributed by atoms with Crippen LogP contribution in [0.5, 0.6) is 11.5 Å². The summed E-state index contributed by atoms with van der Waals surface area (Å²) in [5.74, 6) is -0.234. The molecule has 126 valence electrons. The van der Waals surface area contributed by atoms with Crippen LogP contribution in [0, 0.1) is 5.82 Å². The maximum Gasteiger partial charge on any atom is 0.224 e. The minimum absolute atomic E-state index is 0.0109. The van der Waals surface area contributed by atoms with Gasteiger partial charge in [0.15, 0.2) is 5.78 Å². The lowest BCUT2D eigenvalue weighted by Crippen LogP contribution is -2.14. The zero-order valence-corrected chi connectivity index (χ0v) is 13.5. The summed E-state index contributed by atoms with van der Waals surface area (Å²) >= 11 is 0. The molecule has 0 aliphatic carbocycles. The van der Waals surface area contributed by atoms with Gasteiger partial charge in [0.1, 0.15) is 17.3 Å². The molecular weight excluding hydrogens is 313 g/mol. The number of halogens is 1. The van der Waals surface area contributed by atoms with Gasteiger partial charge < -0.3 is 14.8 Å². The summed E-state index contributed by atoms with van der Waals surface area (Å²) in [6.07, 6.45) is -0.0642. The fourth-order valence-corrected chi connectivity index (χ4v) is 2.17. The van der Waals surface area contributed by atoms with Crippen molar-refractivity contribution in [2.75, 3.05) is 19.5 Å². The summed E-state index contributed by atoms with van der Waals surface area (Å²) in [7, 11) is 2.97. The SMILES string of the molecule is COc1ccc(C(=O)CCC(=O)Nc2ccccc2F)c(OC)c1. The highest BCUT2D eigenvalue weighted by atomic mass is 19.1. The van der Waals surface area contributed by atoms with E-state index in [1.807, 2.05) is 0 Å². The van der Waals surface area contributed by atoms with Crippen LogP contribution in [0.15, 0.2) is 42.5 Å². The molecule has 0 saturated carbocycles. The number of ether oxygens (including phenoxy) is 2. The summed E-state index contributed by atoms with van der Waals surface area (Å²) in [4.78, 5) is 24.1. The number of nitrogens with one attached hydrogen (secondary N) is 1. The summed E-state index contributed by atoms with van der Waals surface area (Å²) in [6, 6.07) is 10.7. The third kappa shape index (κ3) is 4.32. The molecular formula is C18H18FNO4. The number of para-hydroxylation sites is 1. The second kappa shape index (κ2) is 8.10. The van der Waals surface area contributed by atoms with Crippen molar-refractivity contribution in [2.24, 2.45) is 0 Å². The van der Waals surface area contributed by atoms with Crippen LogP contribution in [-0.4, -0.2) is 25.9 Å². The average molecular weight is 331 g/mol. The molecule has 6 heteroatoms. The molecule has 5 nitrogen and oxygen atoms in total. The molecule has 0 aromatic heterocycles. The Balaban J connectivity index is 1.98. The Morgan fingerprint density at radius 3 is 2.46 bits per heavy atom. The first-order chi connectivity index (χ1) is 11.5. The third-order valence-electron chi connectivity index (χ3n) is 3.44. The number of hydrogen-bond acceptors (Lipinski definition) is 4. The normalized spacial score (nSPS) is 10.1. The maximum atomic E-state index is 13.5. The number of carbonyl (C=O) groups excluding carboxylic acids is 2. The molecule has 2 rings (SSSR count). The molecule has 0 spiro atoms. The van der Waals surface area contributed by atoms with Crippen molar-refractivity contribution in [2.45, 2.75) is 12.8 Å². The predicted octanol–water partition coefficient (Wildman–Crippen LogP) is 3.44. The van der Waals surface area contributed by atoms with E-state index in [2.05, 4.69) is 5.32 Å². The minimum atomic E-state index is -0.519. The Morgan fingerprint density at radius 2 is 1.79 bits per heavy atom. The van der Waals surface area contributed by atoms with Gasteiger partial charge >= 0.3 is 0 Å². The number of Topliss-reactive ketones (excluding diaryl/α,β-unsaturated/α-hetero) is 1. The van der Waals surface area contributed by atoms with E-state index in [0.717, 1.165) is 0 Å². The molecule has 0 heterocycles. The Morgan fingerprint density at radius 1 is 1.04 bits per heavy atom. The number of amides is 1. The van der Waals surface area contributed by atoms with Crippen LogP contribution < -0.4 is 14.8 Å². The van der Waals surface area contributed by atoms with E-state index in [1.165, 1.54) is 32.4 Å². The minimum Gasteiger partial charge on any atom is -0.497 e. The van der Waals surface area contributed by atoms with E-state index in [-0.39, 0.29) is 24.3 Å². The van der Waals surface area contributed by atoms with Crippen molar-refractivity contribution >= 4 is 17.4 Å². The molecule has 0 fully saturated rings. The van der Waals surface area contributed by atoms with Gasteiger partial charge in [-0.1, -0.05) is 12.1 Å². The topological polar surface area (TPSA) is 64.6 Å². The number of anilines is 1. The lowest BCUT2D eigenvalue weighted by molar-refractivity contribution is -0.116. The quantitative estimate of drug-likeness (QED) is 0.789. The number of hydrogen-bond donors (Lipinski definition) is 1. The zero-order chi connectivity index (χ0) is 17.5. The molecule has 0 atom stereocenters. The van der Waals surface area contributed by atoms with E-state index in [9.17, 15) is 14.0 Å². The van der Waals surface area contributed by atoms with E-state index in [1.54, 1.807) is 24.3 Å². The fraction of sp³-hybridized carbons (Fsp3) is 0.222. The number of rotatable bonds is 7. The van der Waals surface area contributed by atoms with Crippen LogP contribution in [0.2, 0.25) is 0 Å². The standard InChI is InChI=1S/C18H18FNO4/c1-23-12-7-8-13(17(11-12)24-2)16(21)9-10-18(22)20-15-6-4-3-5-14(15)19/h3-8,11H,9-10H2,1-2H3,(H,20,22). The van der Waals surface area contributed by atoms with Crippen molar-refractivity contribution in [3.05, 3.63) is 53.8 Å². The van der Waals surface area contributed by atoms with Crippen LogP contribution in [0.25, 0.3) is 0 Å². The number of benzene rings is 2. The fourth-order valence-electron chi connectivity index (χ4n) is 2.17. The summed E-state index contributed by atoms with van der Waals surface area (Å²) < 4.78 is 23.7. The molecule has 0 radical (unpaired) electrons. The monoisotopic (exact) mass is 331 g/mol. The molecule has 0 unspecified atom stereocenters. The molecule has 0 saturated heterocycles. The first-order valence-electron chi connectivity index (χ1n) is 7.34. The van der Waals surface area contributed by atoms with Crippen molar-refractivity contribution in [1.82, 2.24) is 0 Å². The molecule has 2 aromatic carbocycles. The Hall–Kier alpha value is -2.89. The summed E-state index contributed by atoms with van der Waals surface area (Å²) in [5, 5.41) is 2.45. The molecule has 1 N–H and O–H groups in total. The van der Waals surface area contributed by atoms with Crippen LogP contribution in [0.3, 0.4) is 0 Å². The highest BCUT2D eigenvalue weighted by Gasteiger charge is 2.15. The Kier molecular flexibility index (Phi) is 5.89. The van der Waals surface area contributed by atoms with Gasteiger partial charge in [-0.05, 0) is 24.3 Å². The lowest BCUT2D eigenvalue weighted by atomic mass is 10.0. The van der Waals surface area contributed by atoms with Crippen molar-refractivity contribution in [3.63, 3.8) is 0 Å². The third-order valence-corrected chi connectivity index (χ3v) is 3.44. The smallest absolute Gasteiger partial charge is 0.224 e. The van der Waals surface area contributed by atoms with Gasteiger partial charge in [-0.25, -0.2) is 4.39 Å². The molecule has 1 amide bonds. The first kappa shape index (κ1) is 17.5. The second-order valence-corrected chi connectivity index (χ2v) is 5.02. The van der Waals surface area contributed by atoms with Crippen molar-refractivity contribution < 1.29 is 23.5 Å². The number of methoxy groups -OCH3 is 2. The van der Waals surface area contributed by atoms with Gasteiger partial charge in [-0.3, -0.25) is 9.59 Å². The van der Waals surface area contributed by atoms with Crippen LogP contribution >= 0.6 is 0 Å². The van der Waals surface area contributed by atoms with Gasteiger partial charge in [0.05, 0.1) is 25.5 Å². The van der Waals surface area contributed by atoms with Crippen molar-refractivity contribution in [3.8, 4) is 11.5 Å². The zero-order valence-electron chi connectivity index (χ0n) is 13.5. The predicted molar refractivity (Wildman–Crippen MR) is 88.1 cm³/mol. The maximum absolute atomic E-state index is 13.5. The van der Waals surface area contributed by atoms with Gasteiger partial charge in [-0.15, -0.1) is 0 Å². The highest BCUT2D eigenvalue weighted by molar-refractivity contribution is 6.01. The van der Waals surface area contributed by atoms with Gasteiger partial charge in [0.25, 0.3) is 0 Å². The summed E-state index contributed by atoms with van der Waals surface area (Å²) in [6.45, 7) is 0. The number of ketones is 1. The molecule has 0 bridgehead atoms. The largest absolute Gasteiger partial charge is 0.497 e. The van der Waals surface area contributed by atoms with Crippen molar-refractivity contribution in [1.29, 1.82) is 0 Å². The van der Waals surface area contributed by atoms with Gasteiger partial charge in [0.2, 0.25) is 5.91 Å². The Bertz CT molecular complexity index is 746. The molecule has 2 aromatic rings. The van der Waals surface area contributed by atoms with Gasteiger partial charge in [-0.2, -0.15) is 0 Å². The Labute approximate surface area is 139 Å². The molecule has 24 heavy (non-hydrogen) atoms. The van der Waals surface area contributed by atoms with E-state index in [4.69, 9.17) is 9.47 Å². The molecule has 0 aliphatic heterocycles. The van der Waals surface area contributed by atoms with E-state index < -0.39 is 11.7 Å². The van der Waals surface area contributed by atoms with Gasteiger partial charge in [0, 0.05) is 18.9 Å². The highest BCUT2D eigenvalue weighted by Crippen LogP contribution is 2.26. The number of carbonyl (C=O) groups is 2. The molecule has 0 aliphatic rings. The van der Waals surface area contributed by atoms with E-state index >= 15 is 0 Å². The van der Waals surface area contributed by atoms with Crippen LogP contribution in [0.4, 0.5) is 10.1 Å². The average Bonchev–Trinajstić information content (AvgIpc) is 2.61. The lowest BCUT2D eigenvalue weighted by Gasteiger charge is -2.10.